The second kappa shape index (κ2) is 11.7. The summed E-state index contributed by atoms with van der Waals surface area (Å²) in [6.45, 7) is 6.35. The van der Waals surface area contributed by atoms with E-state index in [-0.39, 0.29) is 5.91 Å². The Kier molecular flexibility index (Phi) is 7.39. The number of aryl methyl sites for hydroxylation is 1. The third-order valence-corrected chi connectivity index (χ3v) is 8.01. The molecule has 0 bridgehead atoms. The Morgan fingerprint density at radius 3 is 2.60 bits per heavy atom. The van der Waals surface area contributed by atoms with E-state index in [0.29, 0.717) is 68.7 Å². The molecule has 5 aromatic rings. The molecule has 0 saturated carbocycles. The highest BCUT2D eigenvalue weighted by molar-refractivity contribution is 6.03. The van der Waals surface area contributed by atoms with Gasteiger partial charge in [-0.2, -0.15) is 5.10 Å². The first-order valence-corrected chi connectivity index (χ1v) is 14.5. The molecule has 2 saturated heterocycles. The summed E-state index contributed by atoms with van der Waals surface area (Å²) in [5, 5.41) is 11.1. The van der Waals surface area contributed by atoms with Crippen LogP contribution in [-0.4, -0.2) is 82.4 Å². The number of aromatic nitrogens is 5. The second-order valence-electron chi connectivity index (χ2n) is 11.3. The van der Waals surface area contributed by atoms with Gasteiger partial charge in [-0.1, -0.05) is 6.08 Å². The van der Waals surface area contributed by atoms with E-state index in [1.54, 1.807) is 43.1 Å². The average molecular weight is 609 g/mol. The molecule has 45 heavy (non-hydrogen) atoms. The number of likely N-dealkylation sites (tertiary alicyclic amines) is 1. The highest BCUT2D eigenvalue weighted by Gasteiger charge is 2.48. The number of hydrogen-bond donors (Lipinski definition) is 2. The van der Waals surface area contributed by atoms with Crippen LogP contribution in [0.25, 0.3) is 16.6 Å². The molecule has 0 radical (unpaired) electrons. The Labute approximate surface area is 258 Å². The lowest BCUT2D eigenvalue weighted by atomic mass is 9.78. The molecule has 3 aromatic heterocycles. The largest absolute Gasteiger partial charge is 0.494 e. The number of rotatable bonds is 10. The summed E-state index contributed by atoms with van der Waals surface area (Å²) in [7, 11) is 3.14. The number of benzene rings is 2. The first-order chi connectivity index (χ1) is 21.9. The van der Waals surface area contributed by atoms with Gasteiger partial charge >= 0.3 is 0 Å². The monoisotopic (exact) mass is 608 g/mol. The molecule has 1 amide bonds. The van der Waals surface area contributed by atoms with E-state index in [9.17, 15) is 4.79 Å². The maximum Gasteiger partial charge on any atom is 0.248 e. The summed E-state index contributed by atoms with van der Waals surface area (Å²) in [5.41, 5.74) is 3.72. The highest BCUT2D eigenvalue weighted by Crippen LogP contribution is 2.39. The van der Waals surface area contributed by atoms with Gasteiger partial charge in [-0.25, -0.2) is 19.5 Å². The van der Waals surface area contributed by atoms with Crippen molar-refractivity contribution >= 4 is 39.6 Å². The Bertz CT molecular complexity index is 1930. The summed E-state index contributed by atoms with van der Waals surface area (Å²) in [4.78, 5) is 28.3. The van der Waals surface area contributed by atoms with Gasteiger partial charge in [0.1, 0.15) is 41.5 Å². The maximum atomic E-state index is 12.8. The molecule has 1 spiro atoms. The molecule has 2 N–H and O–H groups in total. The molecule has 2 aromatic carbocycles. The lowest BCUT2D eigenvalue weighted by Gasteiger charge is -2.54. The van der Waals surface area contributed by atoms with Crippen molar-refractivity contribution < 1.29 is 23.7 Å². The van der Waals surface area contributed by atoms with Crippen LogP contribution in [0.4, 0.5) is 17.2 Å². The van der Waals surface area contributed by atoms with Crippen molar-refractivity contribution in [3.05, 3.63) is 73.0 Å². The average Bonchev–Trinajstić information content (AvgIpc) is 3.46. The van der Waals surface area contributed by atoms with Crippen molar-refractivity contribution in [1.82, 2.24) is 29.5 Å². The van der Waals surface area contributed by atoms with Crippen molar-refractivity contribution in [2.24, 2.45) is 5.41 Å². The number of nitrogens with one attached hydrogen (secondary N) is 2. The van der Waals surface area contributed by atoms with Gasteiger partial charge in [-0.15, -0.1) is 0 Å². The van der Waals surface area contributed by atoms with Crippen molar-refractivity contribution in [2.75, 3.05) is 57.7 Å². The van der Waals surface area contributed by atoms with E-state index < -0.39 is 0 Å². The standard InChI is InChI=1S/C32H32N8O5/c1-20-9-24(28(43-3)13-26(20)45-21-6-8-40-29(10-21)34-19-36-40)38-31-22-11-25(27(42-2)12-23(22)33-18-35-31)37-30(41)5-4-7-39-14-32(15-39)16-44-17-32/h4-6,8-13,18-19H,7,14-17H2,1-3H3,(H,37,41)(H,33,35,38)/b5-4+. The van der Waals surface area contributed by atoms with E-state index >= 15 is 0 Å². The zero-order chi connectivity index (χ0) is 31.0. The molecular weight excluding hydrogens is 576 g/mol. The summed E-state index contributed by atoms with van der Waals surface area (Å²) < 4.78 is 24.5. The van der Waals surface area contributed by atoms with Crippen LogP contribution in [0.2, 0.25) is 0 Å². The predicted octanol–water partition coefficient (Wildman–Crippen LogP) is 4.36. The summed E-state index contributed by atoms with van der Waals surface area (Å²) >= 11 is 0. The smallest absolute Gasteiger partial charge is 0.248 e. The molecule has 2 fully saturated rings. The number of carbonyl (C=O) groups is 1. The van der Waals surface area contributed by atoms with E-state index in [0.717, 1.165) is 31.9 Å². The third kappa shape index (κ3) is 5.70. The molecule has 0 unspecified atom stereocenters. The maximum absolute atomic E-state index is 12.8. The molecule has 0 atom stereocenters. The lowest BCUT2D eigenvalue weighted by Crippen LogP contribution is -2.65. The minimum Gasteiger partial charge on any atom is -0.494 e. The van der Waals surface area contributed by atoms with E-state index in [4.69, 9.17) is 18.9 Å². The Morgan fingerprint density at radius 2 is 1.82 bits per heavy atom. The van der Waals surface area contributed by atoms with Crippen LogP contribution in [-0.2, 0) is 9.53 Å². The van der Waals surface area contributed by atoms with Gasteiger partial charge in [0.15, 0.2) is 5.65 Å². The number of nitrogens with zero attached hydrogens (tertiary/aromatic N) is 6. The summed E-state index contributed by atoms with van der Waals surface area (Å²) in [5.74, 6) is 2.57. The summed E-state index contributed by atoms with van der Waals surface area (Å²) in [6, 6.07) is 10.9. The van der Waals surface area contributed by atoms with Gasteiger partial charge in [0, 0.05) is 60.9 Å². The highest BCUT2D eigenvalue weighted by atomic mass is 16.5. The van der Waals surface area contributed by atoms with Crippen LogP contribution in [0.1, 0.15) is 5.56 Å². The molecular formula is C32H32N8O5. The lowest BCUT2D eigenvalue weighted by molar-refractivity contribution is -0.186. The van der Waals surface area contributed by atoms with Crippen LogP contribution in [0.3, 0.4) is 0 Å². The molecule has 13 heteroatoms. The molecule has 5 heterocycles. The van der Waals surface area contributed by atoms with Gasteiger partial charge in [-0.05, 0) is 30.7 Å². The first kappa shape index (κ1) is 28.5. The third-order valence-electron chi connectivity index (χ3n) is 8.01. The Balaban J connectivity index is 1.10. The van der Waals surface area contributed by atoms with Crippen LogP contribution in [0, 0.1) is 12.3 Å². The van der Waals surface area contributed by atoms with Crippen molar-refractivity contribution in [1.29, 1.82) is 0 Å². The van der Waals surface area contributed by atoms with Crippen molar-refractivity contribution in [3.8, 4) is 23.0 Å². The van der Waals surface area contributed by atoms with Crippen LogP contribution in [0.5, 0.6) is 23.0 Å². The molecule has 7 rings (SSSR count). The SMILES string of the molecule is COc1cc2ncnc(Nc3cc(C)c(Oc4ccn5ncnc5c4)cc3OC)c2cc1NC(=O)/C=C/CN1CC2(COC2)C1. The quantitative estimate of drug-likeness (QED) is 0.219. The number of fused-ring (bicyclic) bond motifs is 2. The number of carbonyl (C=O) groups excluding carboxylic acids is 1. The van der Waals surface area contributed by atoms with Gasteiger partial charge < -0.3 is 29.6 Å². The normalized spacial score (nSPS) is 15.6. The Morgan fingerprint density at radius 1 is 1.00 bits per heavy atom. The van der Waals surface area contributed by atoms with Crippen LogP contribution >= 0.6 is 0 Å². The van der Waals surface area contributed by atoms with E-state index in [2.05, 4.69) is 35.6 Å². The zero-order valence-electron chi connectivity index (χ0n) is 25.1. The van der Waals surface area contributed by atoms with Gasteiger partial charge in [-0.3, -0.25) is 9.69 Å². The zero-order valence-corrected chi connectivity index (χ0v) is 25.1. The number of pyridine rings is 1. The molecule has 2 aliphatic rings. The second-order valence-corrected chi connectivity index (χ2v) is 11.3. The number of methoxy groups -OCH3 is 2. The minimum absolute atomic E-state index is 0.253. The fourth-order valence-electron chi connectivity index (χ4n) is 5.70. The first-order valence-electron chi connectivity index (χ1n) is 14.5. The molecule has 2 aliphatic heterocycles. The summed E-state index contributed by atoms with van der Waals surface area (Å²) in [6.07, 6.45) is 8.17. The van der Waals surface area contributed by atoms with Crippen LogP contribution < -0.4 is 24.8 Å². The topological polar surface area (TPSA) is 137 Å². The number of amides is 1. The van der Waals surface area contributed by atoms with Crippen molar-refractivity contribution in [3.63, 3.8) is 0 Å². The van der Waals surface area contributed by atoms with Gasteiger partial charge in [0.25, 0.3) is 0 Å². The number of ether oxygens (including phenoxy) is 4. The number of hydrogen-bond acceptors (Lipinski definition) is 11. The predicted molar refractivity (Wildman–Crippen MR) is 168 cm³/mol. The van der Waals surface area contributed by atoms with Gasteiger partial charge in [0.05, 0.1) is 44.3 Å². The fourth-order valence-corrected chi connectivity index (χ4v) is 5.70. The van der Waals surface area contributed by atoms with E-state index in [1.165, 1.54) is 12.7 Å². The molecule has 230 valence electrons. The fraction of sp³-hybridized carbons (Fsp3) is 0.281. The number of anilines is 3. The minimum atomic E-state index is -0.253. The Hall–Kier alpha value is -5.27. The molecule has 13 nitrogen and oxygen atoms in total. The van der Waals surface area contributed by atoms with Crippen molar-refractivity contribution in [2.45, 2.75) is 6.92 Å². The van der Waals surface area contributed by atoms with Crippen LogP contribution in [0.15, 0.2) is 67.4 Å². The molecule has 0 aliphatic carbocycles. The van der Waals surface area contributed by atoms with E-state index in [1.807, 2.05) is 37.3 Å². The van der Waals surface area contributed by atoms with Gasteiger partial charge in [0.2, 0.25) is 5.91 Å².